The normalized spacial score (nSPS) is 10.5. The minimum Gasteiger partial charge on any atom is -0.490 e. The largest absolute Gasteiger partial charge is 0.490 e. The lowest BCUT2D eigenvalue weighted by molar-refractivity contribution is -0.116. The number of aromatic nitrogens is 1. The molecule has 0 aliphatic heterocycles. The van der Waals surface area contributed by atoms with E-state index in [0.29, 0.717) is 36.9 Å². The maximum absolute atomic E-state index is 12.2. The Kier molecular flexibility index (Phi) is 7.03. The Bertz CT molecular complexity index is 906. The summed E-state index contributed by atoms with van der Waals surface area (Å²) in [5.41, 5.74) is 3.12. The molecule has 2 aromatic carbocycles. The molecule has 1 N–H and O–H groups in total. The number of amides is 1. The number of nitrogens with zero attached hydrogens (tertiary/aromatic N) is 1. The molecule has 6 heteroatoms. The van der Waals surface area contributed by atoms with Gasteiger partial charge >= 0.3 is 0 Å². The van der Waals surface area contributed by atoms with Crippen molar-refractivity contribution >= 4 is 22.4 Å². The van der Waals surface area contributed by atoms with Crippen LogP contribution in [0.5, 0.6) is 11.5 Å². The zero-order valence-corrected chi connectivity index (χ0v) is 16.9. The topological polar surface area (TPSA) is 60.5 Å². The van der Waals surface area contributed by atoms with Gasteiger partial charge in [-0.1, -0.05) is 42.0 Å². The molecule has 1 amide bonds. The third kappa shape index (κ3) is 5.57. The molecule has 0 fully saturated rings. The van der Waals surface area contributed by atoms with Crippen LogP contribution >= 0.6 is 11.3 Å². The average molecular weight is 397 g/mol. The van der Waals surface area contributed by atoms with Gasteiger partial charge in [0.15, 0.2) is 16.6 Å². The lowest BCUT2D eigenvalue weighted by atomic mass is 10.1. The highest BCUT2D eigenvalue weighted by Gasteiger charge is 2.09. The van der Waals surface area contributed by atoms with Gasteiger partial charge in [0, 0.05) is 17.4 Å². The van der Waals surface area contributed by atoms with Gasteiger partial charge in [-0.2, -0.15) is 0 Å². The number of para-hydroxylation sites is 2. The lowest BCUT2D eigenvalue weighted by Gasteiger charge is -2.11. The number of aryl methyl sites for hydroxylation is 1. The molecule has 0 saturated heterocycles. The fraction of sp³-hybridized carbons (Fsp3) is 0.273. The fourth-order valence-electron chi connectivity index (χ4n) is 2.63. The van der Waals surface area contributed by atoms with Gasteiger partial charge in [0.1, 0.15) is 0 Å². The molecule has 0 bridgehead atoms. The lowest BCUT2D eigenvalue weighted by Crippen LogP contribution is -2.12. The first kappa shape index (κ1) is 19.9. The molecule has 28 heavy (non-hydrogen) atoms. The van der Waals surface area contributed by atoms with Gasteiger partial charge in [0.2, 0.25) is 5.91 Å². The third-order valence-electron chi connectivity index (χ3n) is 4.05. The molecule has 146 valence electrons. The van der Waals surface area contributed by atoms with Crippen molar-refractivity contribution in [3.05, 3.63) is 59.5 Å². The molecular formula is C22H24N2O3S. The van der Waals surface area contributed by atoms with E-state index in [-0.39, 0.29) is 5.91 Å². The molecule has 3 rings (SSSR count). The van der Waals surface area contributed by atoms with Crippen LogP contribution in [-0.4, -0.2) is 24.1 Å². The van der Waals surface area contributed by atoms with Crippen LogP contribution in [0.4, 0.5) is 5.13 Å². The van der Waals surface area contributed by atoms with Crippen LogP contribution < -0.4 is 14.8 Å². The number of benzene rings is 2. The van der Waals surface area contributed by atoms with E-state index >= 15 is 0 Å². The quantitative estimate of drug-likeness (QED) is 0.498. The highest BCUT2D eigenvalue weighted by molar-refractivity contribution is 7.14. The van der Waals surface area contributed by atoms with Gasteiger partial charge in [-0.3, -0.25) is 4.79 Å². The summed E-state index contributed by atoms with van der Waals surface area (Å²) in [7, 11) is 0. The number of carbonyl (C=O) groups excluding carboxylic acids is 1. The van der Waals surface area contributed by atoms with E-state index in [1.54, 1.807) is 0 Å². The Labute approximate surface area is 169 Å². The number of ether oxygens (including phenoxy) is 2. The maximum Gasteiger partial charge on any atom is 0.226 e. The molecule has 0 aliphatic carbocycles. The van der Waals surface area contributed by atoms with Crippen molar-refractivity contribution in [2.24, 2.45) is 0 Å². The Balaban J connectivity index is 1.44. The minimum absolute atomic E-state index is 0.0634. The molecule has 0 aliphatic rings. The van der Waals surface area contributed by atoms with Gasteiger partial charge in [0.25, 0.3) is 0 Å². The van der Waals surface area contributed by atoms with Gasteiger partial charge in [-0.15, -0.1) is 11.3 Å². The van der Waals surface area contributed by atoms with Crippen molar-refractivity contribution in [3.8, 4) is 22.8 Å². The number of carbonyl (C=O) groups is 1. The number of anilines is 1. The molecule has 1 aromatic heterocycles. The summed E-state index contributed by atoms with van der Waals surface area (Å²) >= 11 is 1.43. The van der Waals surface area contributed by atoms with Gasteiger partial charge in [-0.05, 0) is 32.4 Å². The van der Waals surface area contributed by atoms with Crippen LogP contribution in [0.15, 0.2) is 53.9 Å². The minimum atomic E-state index is -0.0634. The number of hydrogen-bond donors (Lipinski definition) is 1. The van der Waals surface area contributed by atoms with Crippen molar-refractivity contribution in [3.63, 3.8) is 0 Å². The first-order chi connectivity index (χ1) is 13.7. The molecule has 0 unspecified atom stereocenters. The maximum atomic E-state index is 12.2. The van der Waals surface area contributed by atoms with E-state index in [0.717, 1.165) is 17.0 Å². The smallest absolute Gasteiger partial charge is 0.226 e. The third-order valence-corrected chi connectivity index (χ3v) is 4.81. The van der Waals surface area contributed by atoms with Crippen LogP contribution in [0.25, 0.3) is 11.3 Å². The van der Waals surface area contributed by atoms with E-state index in [1.807, 2.05) is 48.7 Å². The summed E-state index contributed by atoms with van der Waals surface area (Å²) < 4.78 is 11.3. The summed E-state index contributed by atoms with van der Waals surface area (Å²) in [6.07, 6.45) is 0.985. The van der Waals surface area contributed by atoms with Crippen LogP contribution in [0.2, 0.25) is 0 Å². The van der Waals surface area contributed by atoms with Crippen molar-refractivity contribution in [2.75, 3.05) is 18.5 Å². The number of nitrogens with one attached hydrogen (secondary N) is 1. The fourth-order valence-corrected chi connectivity index (χ4v) is 3.36. The van der Waals surface area contributed by atoms with Crippen molar-refractivity contribution < 1.29 is 14.3 Å². The molecule has 0 saturated carbocycles. The average Bonchev–Trinajstić information content (AvgIpc) is 3.15. The van der Waals surface area contributed by atoms with Crippen LogP contribution in [0, 0.1) is 6.92 Å². The second-order valence-electron chi connectivity index (χ2n) is 6.28. The summed E-state index contributed by atoms with van der Waals surface area (Å²) in [4.78, 5) is 16.7. The highest BCUT2D eigenvalue weighted by atomic mass is 32.1. The first-order valence-electron chi connectivity index (χ1n) is 9.32. The summed E-state index contributed by atoms with van der Waals surface area (Å²) in [6.45, 7) is 5.02. The first-order valence-corrected chi connectivity index (χ1v) is 10.2. The number of hydrogen-bond acceptors (Lipinski definition) is 5. The SMILES string of the molecule is CCOc1ccccc1OCCCC(=O)Nc1nc(-c2ccc(C)cc2)cs1. The second-order valence-corrected chi connectivity index (χ2v) is 7.14. The van der Waals surface area contributed by atoms with E-state index in [9.17, 15) is 4.79 Å². The van der Waals surface area contributed by atoms with E-state index in [1.165, 1.54) is 16.9 Å². The van der Waals surface area contributed by atoms with Crippen molar-refractivity contribution in [1.82, 2.24) is 4.98 Å². The second kappa shape index (κ2) is 9.90. The Morgan fingerprint density at radius 2 is 1.79 bits per heavy atom. The highest BCUT2D eigenvalue weighted by Crippen LogP contribution is 2.27. The van der Waals surface area contributed by atoms with E-state index in [2.05, 4.69) is 29.4 Å². The summed E-state index contributed by atoms with van der Waals surface area (Å²) in [6, 6.07) is 15.7. The van der Waals surface area contributed by atoms with Crippen LogP contribution in [0.1, 0.15) is 25.3 Å². The standard InChI is InChI=1S/C22H24N2O3S/c1-3-26-19-7-4-5-8-20(19)27-14-6-9-21(25)24-22-23-18(15-28-22)17-12-10-16(2)11-13-17/h4-5,7-8,10-13,15H,3,6,9,14H2,1-2H3,(H,23,24,25). The van der Waals surface area contributed by atoms with Gasteiger partial charge in [-0.25, -0.2) is 4.98 Å². The molecule has 1 heterocycles. The molecule has 0 radical (unpaired) electrons. The summed E-state index contributed by atoms with van der Waals surface area (Å²) in [5.74, 6) is 1.36. The van der Waals surface area contributed by atoms with Crippen molar-refractivity contribution in [2.45, 2.75) is 26.7 Å². The zero-order valence-electron chi connectivity index (χ0n) is 16.1. The zero-order chi connectivity index (χ0) is 19.8. The molecule has 0 atom stereocenters. The predicted octanol–water partition coefficient (Wildman–Crippen LogP) is 5.31. The van der Waals surface area contributed by atoms with Crippen LogP contribution in [0.3, 0.4) is 0 Å². The summed E-state index contributed by atoms with van der Waals surface area (Å²) in [5, 5.41) is 5.43. The monoisotopic (exact) mass is 396 g/mol. The molecular weight excluding hydrogens is 372 g/mol. The molecule has 0 spiro atoms. The van der Waals surface area contributed by atoms with Gasteiger partial charge in [0.05, 0.1) is 18.9 Å². The predicted molar refractivity (Wildman–Crippen MR) is 113 cm³/mol. The van der Waals surface area contributed by atoms with Crippen LogP contribution in [-0.2, 0) is 4.79 Å². The van der Waals surface area contributed by atoms with Gasteiger partial charge < -0.3 is 14.8 Å². The Morgan fingerprint density at radius 3 is 2.50 bits per heavy atom. The molecule has 5 nitrogen and oxygen atoms in total. The number of rotatable bonds is 9. The van der Waals surface area contributed by atoms with E-state index in [4.69, 9.17) is 9.47 Å². The van der Waals surface area contributed by atoms with Crippen molar-refractivity contribution in [1.29, 1.82) is 0 Å². The Morgan fingerprint density at radius 1 is 1.07 bits per heavy atom. The number of thiazole rings is 1. The molecule has 3 aromatic rings. The Hall–Kier alpha value is -2.86. The van der Waals surface area contributed by atoms with E-state index < -0.39 is 0 Å².